The number of benzene rings is 2. The van der Waals surface area contributed by atoms with E-state index in [4.69, 9.17) is 0 Å². The van der Waals surface area contributed by atoms with Gasteiger partial charge in [0, 0.05) is 11.1 Å². The van der Waals surface area contributed by atoms with Crippen molar-refractivity contribution in [3.8, 4) is 23.1 Å². The monoisotopic (exact) mass is 452 g/mol. The van der Waals surface area contributed by atoms with Gasteiger partial charge in [0.25, 0.3) is 0 Å². The summed E-state index contributed by atoms with van der Waals surface area (Å²) in [5.74, 6) is 8.52. The second kappa shape index (κ2) is 10.3. The highest BCUT2D eigenvalue weighted by Gasteiger charge is 2.20. The van der Waals surface area contributed by atoms with E-state index >= 15 is 0 Å². The number of rotatable bonds is 3. The zero-order chi connectivity index (χ0) is 23.3. The van der Waals surface area contributed by atoms with Gasteiger partial charge in [-0.1, -0.05) is 38.0 Å². The number of nitrogens with one attached hydrogen (secondary N) is 4. The Morgan fingerprint density at radius 2 is 1.44 bits per heavy atom. The molecule has 6 nitrogen and oxygen atoms in total. The number of aromatic nitrogens is 4. The molecular formula is C28H32N6. The van der Waals surface area contributed by atoms with Crippen LogP contribution in [0.3, 0.4) is 0 Å². The van der Waals surface area contributed by atoms with Crippen LogP contribution in [0.1, 0.15) is 74.5 Å². The van der Waals surface area contributed by atoms with E-state index in [9.17, 15) is 0 Å². The molecule has 2 aliphatic rings. The van der Waals surface area contributed by atoms with Crippen molar-refractivity contribution in [3.05, 3.63) is 71.7 Å². The molecular weight excluding hydrogens is 420 g/mol. The molecule has 0 unspecified atom stereocenters. The highest BCUT2D eigenvalue weighted by atomic mass is 15.0. The summed E-state index contributed by atoms with van der Waals surface area (Å²) in [7, 11) is 0. The molecule has 0 bridgehead atoms. The Balaban J connectivity index is 0.00000117. The maximum atomic E-state index is 4.60. The lowest BCUT2D eigenvalue weighted by atomic mass is 10.0. The molecule has 0 aliphatic carbocycles. The Hall–Kier alpha value is -3.40. The lowest BCUT2D eigenvalue weighted by Gasteiger charge is -2.06. The van der Waals surface area contributed by atoms with Gasteiger partial charge in [-0.3, -0.25) is 0 Å². The fraction of sp³-hybridized carbons (Fsp3) is 0.357. The SMILES string of the molecule is C(#Cc1cnc([C@@H]2CCCN2)[nH]1)c1ccc2cc(-c3cnc([C@@H]4CCCN4)[nH]3)ccc2c1.CC. The van der Waals surface area contributed by atoms with Gasteiger partial charge in [0.05, 0.1) is 30.2 Å². The van der Waals surface area contributed by atoms with Gasteiger partial charge < -0.3 is 20.6 Å². The summed E-state index contributed by atoms with van der Waals surface area (Å²) in [6, 6.07) is 13.6. The molecule has 2 aliphatic heterocycles. The maximum absolute atomic E-state index is 4.60. The van der Waals surface area contributed by atoms with Gasteiger partial charge in [-0.15, -0.1) is 0 Å². The second-order valence-electron chi connectivity index (χ2n) is 8.69. The van der Waals surface area contributed by atoms with Crippen molar-refractivity contribution in [3.63, 3.8) is 0 Å². The van der Waals surface area contributed by atoms with Gasteiger partial charge in [0.2, 0.25) is 0 Å². The lowest BCUT2D eigenvalue weighted by Crippen LogP contribution is -2.14. The number of H-pyrrole nitrogens is 2. The van der Waals surface area contributed by atoms with E-state index in [-0.39, 0.29) is 0 Å². The molecule has 2 aromatic heterocycles. The molecule has 0 saturated carbocycles. The smallest absolute Gasteiger partial charge is 0.124 e. The van der Waals surface area contributed by atoms with Crippen molar-refractivity contribution in [1.29, 1.82) is 0 Å². The van der Waals surface area contributed by atoms with Gasteiger partial charge in [-0.2, -0.15) is 0 Å². The highest BCUT2D eigenvalue weighted by molar-refractivity contribution is 5.88. The van der Waals surface area contributed by atoms with Crippen molar-refractivity contribution >= 4 is 10.8 Å². The highest BCUT2D eigenvalue weighted by Crippen LogP contribution is 2.27. The molecule has 2 aromatic carbocycles. The Labute approximate surface area is 201 Å². The predicted molar refractivity (Wildman–Crippen MR) is 137 cm³/mol. The minimum absolute atomic E-state index is 0.334. The molecule has 174 valence electrons. The zero-order valence-corrected chi connectivity index (χ0v) is 19.9. The van der Waals surface area contributed by atoms with Gasteiger partial charge in [0.1, 0.15) is 17.3 Å². The fourth-order valence-corrected chi connectivity index (χ4v) is 4.70. The van der Waals surface area contributed by atoms with Crippen molar-refractivity contribution in [1.82, 2.24) is 30.6 Å². The third-order valence-corrected chi connectivity index (χ3v) is 6.46. The van der Waals surface area contributed by atoms with Crippen LogP contribution in [0.15, 0.2) is 48.8 Å². The molecule has 4 heterocycles. The molecule has 2 fully saturated rings. The van der Waals surface area contributed by atoms with Crippen LogP contribution in [-0.4, -0.2) is 33.0 Å². The van der Waals surface area contributed by atoms with Gasteiger partial charge >= 0.3 is 0 Å². The minimum Gasteiger partial charge on any atom is -0.341 e. The number of hydrogen-bond donors (Lipinski definition) is 4. The molecule has 2 saturated heterocycles. The normalized spacial score (nSPS) is 19.5. The first-order chi connectivity index (χ1) is 16.8. The molecule has 0 amide bonds. The average molecular weight is 453 g/mol. The topological polar surface area (TPSA) is 81.4 Å². The first kappa shape index (κ1) is 22.4. The molecule has 34 heavy (non-hydrogen) atoms. The van der Waals surface area contributed by atoms with Crippen LogP contribution >= 0.6 is 0 Å². The predicted octanol–water partition coefficient (Wildman–Crippen LogP) is 5.23. The number of aromatic amines is 2. The van der Waals surface area contributed by atoms with Crippen LogP contribution in [0.4, 0.5) is 0 Å². The third kappa shape index (κ3) is 4.77. The minimum atomic E-state index is 0.334. The largest absolute Gasteiger partial charge is 0.341 e. The quantitative estimate of drug-likeness (QED) is 0.321. The molecule has 4 N–H and O–H groups in total. The van der Waals surface area contributed by atoms with E-state index in [1.165, 1.54) is 23.6 Å². The molecule has 6 heteroatoms. The van der Waals surface area contributed by atoms with Crippen LogP contribution in [-0.2, 0) is 0 Å². The van der Waals surface area contributed by atoms with E-state index < -0.39 is 0 Å². The Kier molecular flexibility index (Phi) is 6.75. The molecule has 0 radical (unpaired) electrons. The summed E-state index contributed by atoms with van der Waals surface area (Å²) in [6.07, 6.45) is 8.45. The van der Waals surface area contributed by atoms with Crippen molar-refractivity contribution in [2.24, 2.45) is 0 Å². The van der Waals surface area contributed by atoms with E-state index in [2.05, 4.69) is 78.8 Å². The number of hydrogen-bond acceptors (Lipinski definition) is 4. The third-order valence-electron chi connectivity index (χ3n) is 6.46. The standard InChI is InChI=1S/C26H26N6.C2H6/c1-3-22(27-11-1)25-29-15-21(31-25)10-6-17-5-7-19-14-20(9-8-18(19)13-17)24-16-30-26(32-24)23-4-2-12-28-23;1-2/h5,7-9,13-16,22-23,27-28H,1-4,11-12H2,(H,29,31)(H,30,32);1-2H3/t22-,23-;/m0./s1. The number of nitrogens with zero attached hydrogens (tertiary/aromatic N) is 2. The summed E-state index contributed by atoms with van der Waals surface area (Å²) in [5.41, 5.74) is 4.07. The Morgan fingerprint density at radius 3 is 2.18 bits per heavy atom. The van der Waals surface area contributed by atoms with Crippen LogP contribution in [0.5, 0.6) is 0 Å². The van der Waals surface area contributed by atoms with Crippen molar-refractivity contribution < 1.29 is 0 Å². The molecule has 6 rings (SSSR count). The van der Waals surface area contributed by atoms with Gasteiger partial charge in [-0.25, -0.2) is 9.97 Å². The van der Waals surface area contributed by atoms with Crippen LogP contribution in [0.2, 0.25) is 0 Å². The number of imidazole rings is 2. The van der Waals surface area contributed by atoms with Crippen LogP contribution < -0.4 is 10.6 Å². The molecule has 0 spiro atoms. The molecule has 4 aromatic rings. The summed E-state index contributed by atoms with van der Waals surface area (Å²) in [4.78, 5) is 15.9. The fourth-order valence-electron chi connectivity index (χ4n) is 4.70. The van der Waals surface area contributed by atoms with E-state index in [0.717, 1.165) is 60.1 Å². The second-order valence-corrected chi connectivity index (χ2v) is 8.69. The van der Waals surface area contributed by atoms with Gasteiger partial charge in [0.15, 0.2) is 0 Å². The Bertz CT molecular complexity index is 1310. The number of fused-ring (bicyclic) bond motifs is 1. The Morgan fingerprint density at radius 1 is 0.765 bits per heavy atom. The van der Waals surface area contributed by atoms with Crippen LogP contribution in [0, 0.1) is 11.8 Å². The summed E-state index contributed by atoms with van der Waals surface area (Å²) < 4.78 is 0. The lowest BCUT2D eigenvalue weighted by molar-refractivity contribution is 0.612. The summed E-state index contributed by atoms with van der Waals surface area (Å²) in [5, 5.41) is 9.33. The first-order valence-electron chi connectivity index (χ1n) is 12.4. The van der Waals surface area contributed by atoms with Gasteiger partial charge in [-0.05, 0) is 73.7 Å². The van der Waals surface area contributed by atoms with E-state index in [0.29, 0.717) is 12.1 Å². The van der Waals surface area contributed by atoms with Crippen molar-refractivity contribution in [2.75, 3.05) is 13.1 Å². The average Bonchev–Trinajstić information content (AvgIpc) is 3.70. The van der Waals surface area contributed by atoms with E-state index in [1.807, 2.05) is 26.2 Å². The van der Waals surface area contributed by atoms with Crippen molar-refractivity contribution in [2.45, 2.75) is 51.6 Å². The van der Waals surface area contributed by atoms with E-state index in [1.54, 1.807) is 0 Å². The summed E-state index contributed by atoms with van der Waals surface area (Å²) in [6.45, 7) is 6.13. The van der Waals surface area contributed by atoms with Crippen LogP contribution in [0.25, 0.3) is 22.0 Å². The molecule has 2 atom stereocenters. The first-order valence-corrected chi connectivity index (χ1v) is 12.4. The summed E-state index contributed by atoms with van der Waals surface area (Å²) >= 11 is 0. The zero-order valence-electron chi connectivity index (χ0n) is 19.9. The maximum Gasteiger partial charge on any atom is 0.124 e.